The van der Waals surface area contributed by atoms with Crippen LogP contribution in [0.5, 0.6) is 5.75 Å². The lowest BCUT2D eigenvalue weighted by atomic mass is 10.2. The second-order valence-corrected chi connectivity index (χ2v) is 2.97. The van der Waals surface area contributed by atoms with Gasteiger partial charge in [0.1, 0.15) is 0 Å². The second-order valence-electron chi connectivity index (χ2n) is 2.97. The van der Waals surface area contributed by atoms with Gasteiger partial charge in [0.05, 0.1) is 10.4 Å². The minimum absolute atomic E-state index is 0.281. The van der Waals surface area contributed by atoms with Gasteiger partial charge in [0.2, 0.25) is 11.6 Å². The molecule has 0 aliphatic heterocycles. The smallest absolute Gasteiger partial charge is 0.353 e. The quantitative estimate of drug-likeness (QED) is 0.541. The molecule has 0 aliphatic rings. The normalized spacial score (nSPS) is 10.4. The van der Waals surface area contributed by atoms with E-state index in [1.54, 1.807) is 24.3 Å². The first kappa shape index (κ1) is 9.20. The SMILES string of the molecule is Nc1nc2ccccc2c(O)c1[N+](=O)[O-]. The van der Waals surface area contributed by atoms with Crippen LogP contribution < -0.4 is 5.73 Å². The summed E-state index contributed by atoms with van der Waals surface area (Å²) in [6.07, 6.45) is 0. The molecule has 2 aromatic rings. The monoisotopic (exact) mass is 205 g/mol. The van der Waals surface area contributed by atoms with Crippen molar-refractivity contribution in [2.75, 3.05) is 5.73 Å². The van der Waals surface area contributed by atoms with E-state index >= 15 is 0 Å². The first-order valence-corrected chi connectivity index (χ1v) is 4.13. The van der Waals surface area contributed by atoms with Gasteiger partial charge in [-0.1, -0.05) is 12.1 Å². The fraction of sp³-hybridized carbons (Fsp3) is 0. The van der Waals surface area contributed by atoms with Gasteiger partial charge in [-0.15, -0.1) is 0 Å². The lowest BCUT2D eigenvalue weighted by Crippen LogP contribution is -1.99. The van der Waals surface area contributed by atoms with E-state index < -0.39 is 16.4 Å². The largest absolute Gasteiger partial charge is 0.502 e. The number of pyridine rings is 1. The Kier molecular flexibility index (Phi) is 1.89. The number of fused-ring (bicyclic) bond motifs is 1. The zero-order chi connectivity index (χ0) is 11.0. The molecule has 0 bridgehead atoms. The number of aromatic nitrogens is 1. The average Bonchev–Trinajstić information content (AvgIpc) is 2.17. The molecule has 15 heavy (non-hydrogen) atoms. The van der Waals surface area contributed by atoms with Crippen molar-refractivity contribution in [2.45, 2.75) is 0 Å². The Balaban J connectivity index is 2.90. The van der Waals surface area contributed by atoms with Crippen LogP contribution in [0.3, 0.4) is 0 Å². The zero-order valence-electron chi connectivity index (χ0n) is 7.54. The summed E-state index contributed by atoms with van der Waals surface area (Å²) in [7, 11) is 0. The number of nitro groups is 1. The maximum Gasteiger partial charge on any atom is 0.353 e. The number of nitrogens with zero attached hydrogens (tertiary/aromatic N) is 2. The third-order valence-electron chi connectivity index (χ3n) is 2.05. The molecule has 6 heteroatoms. The molecule has 1 aromatic carbocycles. The molecule has 76 valence electrons. The van der Waals surface area contributed by atoms with E-state index in [-0.39, 0.29) is 5.82 Å². The predicted molar refractivity (Wildman–Crippen MR) is 54.5 cm³/mol. The van der Waals surface area contributed by atoms with Crippen molar-refractivity contribution in [1.29, 1.82) is 0 Å². The minimum Gasteiger partial charge on any atom is -0.502 e. The summed E-state index contributed by atoms with van der Waals surface area (Å²) in [5.74, 6) is -0.723. The first-order valence-electron chi connectivity index (χ1n) is 4.13. The Bertz CT molecular complexity index is 554. The van der Waals surface area contributed by atoms with Crippen molar-refractivity contribution in [2.24, 2.45) is 0 Å². The van der Waals surface area contributed by atoms with Crippen LogP contribution in [-0.4, -0.2) is 15.0 Å². The van der Waals surface area contributed by atoms with Crippen molar-refractivity contribution in [3.05, 3.63) is 34.4 Å². The molecule has 0 saturated carbocycles. The van der Waals surface area contributed by atoms with Crippen LogP contribution >= 0.6 is 0 Å². The number of anilines is 1. The van der Waals surface area contributed by atoms with Gasteiger partial charge < -0.3 is 10.8 Å². The molecular formula is C9H7N3O3. The minimum atomic E-state index is -0.746. The van der Waals surface area contributed by atoms with E-state index in [2.05, 4.69) is 4.98 Å². The van der Waals surface area contributed by atoms with Crippen LogP contribution in [0.1, 0.15) is 0 Å². The molecule has 0 atom stereocenters. The summed E-state index contributed by atoms with van der Waals surface area (Å²) < 4.78 is 0. The van der Waals surface area contributed by atoms with E-state index in [9.17, 15) is 15.2 Å². The molecule has 0 saturated heterocycles. The Morgan fingerprint density at radius 1 is 1.40 bits per heavy atom. The molecule has 0 amide bonds. The summed E-state index contributed by atoms with van der Waals surface area (Å²) in [6.45, 7) is 0. The second kappa shape index (κ2) is 3.09. The third-order valence-corrected chi connectivity index (χ3v) is 2.05. The Labute approximate surface area is 84.1 Å². The van der Waals surface area contributed by atoms with Gasteiger partial charge in [0.15, 0.2) is 0 Å². The van der Waals surface area contributed by atoms with Crippen molar-refractivity contribution in [3.8, 4) is 5.75 Å². The van der Waals surface area contributed by atoms with E-state index in [1.807, 2.05) is 0 Å². The maximum atomic E-state index is 10.6. The van der Waals surface area contributed by atoms with E-state index in [0.717, 1.165) is 0 Å². The van der Waals surface area contributed by atoms with Crippen LogP contribution in [-0.2, 0) is 0 Å². The van der Waals surface area contributed by atoms with Gasteiger partial charge in [-0.2, -0.15) is 0 Å². The summed E-state index contributed by atoms with van der Waals surface area (Å²) in [6, 6.07) is 6.53. The molecule has 3 N–H and O–H groups in total. The number of para-hydroxylation sites is 1. The Hall–Kier alpha value is -2.37. The van der Waals surface area contributed by atoms with Gasteiger partial charge in [-0.25, -0.2) is 4.98 Å². The highest BCUT2D eigenvalue weighted by atomic mass is 16.6. The fourth-order valence-electron chi connectivity index (χ4n) is 1.38. The molecular weight excluding hydrogens is 198 g/mol. The fourth-order valence-corrected chi connectivity index (χ4v) is 1.38. The number of rotatable bonds is 1. The van der Waals surface area contributed by atoms with Crippen LogP contribution in [0.4, 0.5) is 11.5 Å². The topological polar surface area (TPSA) is 102 Å². The average molecular weight is 205 g/mol. The summed E-state index contributed by atoms with van der Waals surface area (Å²) in [4.78, 5) is 13.7. The third kappa shape index (κ3) is 1.32. The molecule has 1 heterocycles. The number of benzene rings is 1. The lowest BCUT2D eigenvalue weighted by Gasteiger charge is -2.03. The van der Waals surface area contributed by atoms with Crippen molar-refractivity contribution < 1.29 is 10.0 Å². The van der Waals surface area contributed by atoms with Crippen LogP contribution in [0.25, 0.3) is 10.9 Å². The van der Waals surface area contributed by atoms with Gasteiger partial charge in [-0.3, -0.25) is 10.1 Å². The van der Waals surface area contributed by atoms with Gasteiger partial charge in [-0.05, 0) is 12.1 Å². The van der Waals surface area contributed by atoms with Crippen LogP contribution in [0.2, 0.25) is 0 Å². The predicted octanol–water partition coefficient (Wildman–Crippen LogP) is 1.43. The number of hydrogen-bond acceptors (Lipinski definition) is 5. The van der Waals surface area contributed by atoms with E-state index in [0.29, 0.717) is 10.9 Å². The summed E-state index contributed by atoms with van der Waals surface area (Å²) in [5.41, 5.74) is 5.26. The Morgan fingerprint density at radius 3 is 2.73 bits per heavy atom. The van der Waals surface area contributed by atoms with E-state index in [4.69, 9.17) is 5.73 Å². The molecule has 0 aliphatic carbocycles. The van der Waals surface area contributed by atoms with Gasteiger partial charge in [0.25, 0.3) is 0 Å². The highest BCUT2D eigenvalue weighted by Crippen LogP contribution is 2.36. The highest BCUT2D eigenvalue weighted by Gasteiger charge is 2.22. The molecule has 0 spiro atoms. The lowest BCUT2D eigenvalue weighted by molar-refractivity contribution is -0.385. The van der Waals surface area contributed by atoms with Crippen molar-refractivity contribution in [1.82, 2.24) is 4.98 Å². The molecule has 6 nitrogen and oxygen atoms in total. The number of nitrogen functional groups attached to an aromatic ring is 1. The molecule has 0 radical (unpaired) electrons. The molecule has 1 aromatic heterocycles. The first-order chi connectivity index (χ1) is 7.11. The van der Waals surface area contributed by atoms with E-state index in [1.165, 1.54) is 0 Å². The highest BCUT2D eigenvalue weighted by molar-refractivity contribution is 5.91. The molecule has 0 fully saturated rings. The van der Waals surface area contributed by atoms with Crippen LogP contribution in [0.15, 0.2) is 24.3 Å². The zero-order valence-corrected chi connectivity index (χ0v) is 7.54. The van der Waals surface area contributed by atoms with Crippen molar-refractivity contribution >= 4 is 22.4 Å². The van der Waals surface area contributed by atoms with Gasteiger partial charge >= 0.3 is 5.69 Å². The number of hydrogen-bond donors (Lipinski definition) is 2. The Morgan fingerprint density at radius 2 is 2.07 bits per heavy atom. The number of aromatic hydroxyl groups is 1. The maximum absolute atomic E-state index is 10.6. The van der Waals surface area contributed by atoms with Crippen LogP contribution in [0, 0.1) is 10.1 Å². The molecule has 2 rings (SSSR count). The standard InChI is InChI=1S/C9H7N3O3/c10-9-7(12(14)15)8(13)5-3-1-2-4-6(5)11-9/h1-4H,(H3,10,11,13). The number of nitrogens with two attached hydrogens (primary N) is 1. The van der Waals surface area contributed by atoms with Crippen molar-refractivity contribution in [3.63, 3.8) is 0 Å². The summed E-state index contributed by atoms with van der Waals surface area (Å²) in [5, 5.41) is 20.6. The van der Waals surface area contributed by atoms with Gasteiger partial charge in [0, 0.05) is 5.39 Å². The molecule has 0 unspecified atom stereocenters. The summed E-state index contributed by atoms with van der Waals surface area (Å²) >= 11 is 0.